The molecule has 35 heavy (non-hydrogen) atoms. The largest absolute Gasteiger partial charge is 0.339 e. The third-order valence-electron chi connectivity index (χ3n) is 6.65. The van der Waals surface area contributed by atoms with Crippen molar-refractivity contribution < 1.29 is 4.79 Å². The van der Waals surface area contributed by atoms with Crippen molar-refractivity contribution in [1.29, 1.82) is 0 Å². The van der Waals surface area contributed by atoms with Crippen molar-refractivity contribution in [3.05, 3.63) is 45.6 Å². The van der Waals surface area contributed by atoms with Crippen LogP contribution in [0.4, 0.5) is 0 Å². The smallest absolute Gasteiger partial charge is 0.264 e. The Balaban J connectivity index is 1.60. The molecule has 4 heterocycles. The second kappa shape index (κ2) is 9.78. The van der Waals surface area contributed by atoms with Gasteiger partial charge in [-0.05, 0) is 44.6 Å². The lowest BCUT2D eigenvalue weighted by molar-refractivity contribution is -0.131. The van der Waals surface area contributed by atoms with Gasteiger partial charge in [-0.25, -0.2) is 4.40 Å². The topological polar surface area (TPSA) is 72.5 Å². The number of piperidine rings is 1. The van der Waals surface area contributed by atoms with Gasteiger partial charge in [-0.3, -0.25) is 14.2 Å². The highest BCUT2D eigenvalue weighted by molar-refractivity contribution is 7.99. The lowest BCUT2D eigenvalue weighted by Gasteiger charge is -2.33. The maximum Gasteiger partial charge on any atom is 0.264 e. The van der Waals surface area contributed by atoms with Crippen molar-refractivity contribution in [2.75, 3.05) is 12.3 Å². The molecule has 1 saturated heterocycles. The molecule has 184 valence electrons. The van der Waals surface area contributed by atoms with E-state index in [1.54, 1.807) is 4.57 Å². The average Bonchev–Trinajstić information content (AvgIpc) is 3.45. The summed E-state index contributed by atoms with van der Waals surface area (Å²) in [6.45, 7) is 9.73. The third-order valence-corrected chi connectivity index (χ3v) is 8.53. The molecule has 1 aliphatic rings. The van der Waals surface area contributed by atoms with Crippen LogP contribution in [0.2, 0.25) is 0 Å². The zero-order chi connectivity index (χ0) is 24.7. The number of fused-ring (bicyclic) bond motifs is 3. The van der Waals surface area contributed by atoms with Gasteiger partial charge in [0.15, 0.2) is 5.16 Å². The van der Waals surface area contributed by atoms with E-state index in [0.29, 0.717) is 28.6 Å². The minimum absolute atomic E-state index is 0.0415. The number of nitrogens with zero attached hydrogens (tertiary/aromatic N) is 5. The summed E-state index contributed by atoms with van der Waals surface area (Å²) in [6.07, 6.45) is 3.30. The summed E-state index contributed by atoms with van der Waals surface area (Å²) < 4.78 is 3.71. The quantitative estimate of drug-likeness (QED) is 0.333. The summed E-state index contributed by atoms with van der Waals surface area (Å²) in [5.41, 5.74) is 3.08. The predicted octanol–water partition coefficient (Wildman–Crippen LogP) is 5.23. The van der Waals surface area contributed by atoms with Crippen molar-refractivity contribution >= 4 is 45.0 Å². The van der Waals surface area contributed by atoms with Crippen LogP contribution in [0.25, 0.3) is 27.1 Å². The zero-order valence-electron chi connectivity index (χ0n) is 20.7. The molecule has 0 bridgehead atoms. The third kappa shape index (κ3) is 4.51. The van der Waals surface area contributed by atoms with Crippen molar-refractivity contribution in [2.24, 2.45) is 5.92 Å². The fourth-order valence-corrected chi connectivity index (χ4v) is 6.75. The van der Waals surface area contributed by atoms with E-state index in [9.17, 15) is 9.59 Å². The Morgan fingerprint density at radius 1 is 1.20 bits per heavy atom. The molecule has 0 spiro atoms. The maximum absolute atomic E-state index is 13.7. The number of benzene rings is 1. The first-order valence-corrected chi connectivity index (χ1v) is 14.1. The number of thiophene rings is 1. The maximum atomic E-state index is 13.7. The number of thioether (sulfide) groups is 1. The first kappa shape index (κ1) is 24.1. The van der Waals surface area contributed by atoms with Crippen molar-refractivity contribution in [1.82, 2.24) is 24.1 Å². The highest BCUT2D eigenvalue weighted by Gasteiger charge is 2.25. The Labute approximate surface area is 213 Å². The minimum Gasteiger partial charge on any atom is -0.339 e. The number of carbonyl (C=O) groups excluding carboxylic acids is 1. The van der Waals surface area contributed by atoms with E-state index in [1.807, 2.05) is 14.7 Å². The minimum atomic E-state index is -0.0415. The molecule has 1 amide bonds. The number of hydrogen-bond acceptors (Lipinski definition) is 6. The van der Waals surface area contributed by atoms with Crippen molar-refractivity contribution in [3.8, 4) is 11.1 Å². The van der Waals surface area contributed by atoms with Crippen molar-refractivity contribution in [3.63, 3.8) is 0 Å². The van der Waals surface area contributed by atoms with Crippen LogP contribution in [0.5, 0.6) is 0 Å². The second-order valence-electron chi connectivity index (χ2n) is 9.84. The van der Waals surface area contributed by atoms with Crippen LogP contribution in [0, 0.1) is 12.8 Å². The van der Waals surface area contributed by atoms with Gasteiger partial charge in [0.05, 0.1) is 11.1 Å². The molecule has 0 N–H and O–H groups in total. The molecule has 1 aromatic carbocycles. The second-order valence-corrected chi connectivity index (χ2v) is 11.6. The highest BCUT2D eigenvalue weighted by Crippen LogP contribution is 2.34. The van der Waals surface area contributed by atoms with Gasteiger partial charge < -0.3 is 4.90 Å². The van der Waals surface area contributed by atoms with E-state index in [2.05, 4.69) is 62.2 Å². The molecule has 1 atom stereocenters. The Hall–Kier alpha value is -2.65. The molecule has 4 aromatic rings. The van der Waals surface area contributed by atoms with Gasteiger partial charge in [0.2, 0.25) is 11.7 Å². The lowest BCUT2D eigenvalue weighted by Crippen LogP contribution is -2.42. The van der Waals surface area contributed by atoms with Crippen LogP contribution in [-0.2, 0) is 11.3 Å². The molecule has 0 radical (unpaired) electrons. The molecule has 0 unspecified atom stereocenters. The van der Waals surface area contributed by atoms with Crippen LogP contribution in [-0.4, -0.2) is 48.3 Å². The molecule has 7 nitrogen and oxygen atoms in total. The molecule has 0 saturated carbocycles. The Bertz CT molecular complexity index is 1430. The highest BCUT2D eigenvalue weighted by atomic mass is 32.2. The number of carbonyl (C=O) groups is 1. The van der Waals surface area contributed by atoms with Gasteiger partial charge in [-0.1, -0.05) is 55.4 Å². The molecule has 3 aromatic heterocycles. The predicted molar refractivity (Wildman–Crippen MR) is 143 cm³/mol. The van der Waals surface area contributed by atoms with E-state index in [4.69, 9.17) is 0 Å². The first-order chi connectivity index (χ1) is 16.8. The normalized spacial score (nSPS) is 16.6. The molecule has 5 rings (SSSR count). The lowest BCUT2D eigenvalue weighted by atomic mass is 10.0. The SMILES string of the molecule is Cc1ccc(-c2csc3c2c(=O)n(CC(C)C)c2nnc(SCC(=O)N4CCCC[C@H]4C)n32)cc1. The molecular weight excluding hydrogens is 478 g/mol. The molecule has 1 aliphatic heterocycles. The van der Waals surface area contributed by atoms with E-state index >= 15 is 0 Å². The average molecular weight is 510 g/mol. The number of likely N-dealkylation sites (tertiary alicyclic amines) is 1. The van der Waals surface area contributed by atoms with Crippen LogP contribution in [0.1, 0.15) is 45.6 Å². The molecule has 0 aliphatic carbocycles. The fraction of sp³-hybridized carbons (Fsp3) is 0.462. The van der Waals surface area contributed by atoms with Crippen LogP contribution in [0.15, 0.2) is 39.6 Å². The number of hydrogen-bond donors (Lipinski definition) is 0. The zero-order valence-corrected chi connectivity index (χ0v) is 22.3. The monoisotopic (exact) mass is 509 g/mol. The summed E-state index contributed by atoms with van der Waals surface area (Å²) in [5, 5.41) is 12.2. The van der Waals surface area contributed by atoms with Gasteiger partial charge in [0, 0.05) is 30.1 Å². The fourth-order valence-electron chi connectivity index (χ4n) is 4.81. The number of amides is 1. The number of aromatic nitrogens is 4. The summed E-state index contributed by atoms with van der Waals surface area (Å²) >= 11 is 2.93. The summed E-state index contributed by atoms with van der Waals surface area (Å²) in [6, 6.07) is 8.54. The van der Waals surface area contributed by atoms with Gasteiger partial charge in [-0.15, -0.1) is 21.5 Å². The number of rotatable bonds is 6. The van der Waals surface area contributed by atoms with Gasteiger partial charge >= 0.3 is 0 Å². The Kier molecular flexibility index (Phi) is 6.72. The molecule has 1 fully saturated rings. The van der Waals surface area contributed by atoms with Crippen LogP contribution >= 0.6 is 23.1 Å². The van der Waals surface area contributed by atoms with Crippen LogP contribution in [0.3, 0.4) is 0 Å². The van der Waals surface area contributed by atoms with Crippen LogP contribution < -0.4 is 5.56 Å². The molecule has 9 heteroatoms. The Morgan fingerprint density at radius 3 is 2.69 bits per heavy atom. The van der Waals surface area contributed by atoms with Crippen molar-refractivity contribution in [2.45, 2.75) is 64.7 Å². The Morgan fingerprint density at radius 2 is 1.97 bits per heavy atom. The standard InChI is InChI=1S/C26H31N5O2S2/c1-16(2)13-30-23(33)22-20(19-10-8-17(3)9-11-19)14-34-24(22)31-25(30)27-28-26(31)35-15-21(32)29-12-6-5-7-18(29)4/h8-11,14,16,18H,5-7,12-13,15H2,1-4H3/t18-/m1/s1. The summed E-state index contributed by atoms with van der Waals surface area (Å²) in [7, 11) is 0. The van der Waals surface area contributed by atoms with Gasteiger partial charge in [0.25, 0.3) is 5.56 Å². The van der Waals surface area contributed by atoms with Gasteiger partial charge in [-0.2, -0.15) is 0 Å². The van der Waals surface area contributed by atoms with E-state index in [1.165, 1.54) is 35.1 Å². The van der Waals surface area contributed by atoms with E-state index < -0.39 is 0 Å². The first-order valence-electron chi connectivity index (χ1n) is 12.2. The number of aryl methyl sites for hydroxylation is 1. The van der Waals surface area contributed by atoms with E-state index in [-0.39, 0.29) is 23.4 Å². The summed E-state index contributed by atoms with van der Waals surface area (Å²) in [5.74, 6) is 1.25. The van der Waals surface area contributed by atoms with Gasteiger partial charge in [0.1, 0.15) is 4.83 Å². The molecular formula is C26H31N5O2S2. The van der Waals surface area contributed by atoms with E-state index in [0.717, 1.165) is 35.3 Å². The summed E-state index contributed by atoms with van der Waals surface area (Å²) in [4.78, 5) is 29.5.